The number of amides is 7. The van der Waals surface area contributed by atoms with Crippen molar-refractivity contribution in [1.82, 2.24) is 31.9 Å². The van der Waals surface area contributed by atoms with Gasteiger partial charge in [0.1, 0.15) is 36.3 Å². The summed E-state index contributed by atoms with van der Waals surface area (Å²) in [5.74, 6) is -5.45. The molecule has 57 heavy (non-hydrogen) atoms. The van der Waals surface area contributed by atoms with E-state index in [1.165, 1.54) is 49.9 Å². The zero-order valence-corrected chi connectivity index (χ0v) is 33.5. The molecule has 7 amide bonds. The lowest BCUT2D eigenvalue weighted by molar-refractivity contribution is -0.384. The van der Waals surface area contributed by atoms with Gasteiger partial charge in [0.15, 0.2) is 0 Å². The molecule has 0 saturated carbocycles. The second-order valence-electron chi connectivity index (χ2n) is 14.3. The third kappa shape index (κ3) is 16.3. The highest BCUT2D eigenvalue weighted by molar-refractivity contribution is 7.99. The first-order valence-corrected chi connectivity index (χ1v) is 20.0. The molecule has 21 heteroatoms. The summed E-state index contributed by atoms with van der Waals surface area (Å²) < 4.78 is 0. The molecule has 318 valence electrons. The normalized spacial score (nSPS) is 19.9. The minimum Gasteiger partial charge on any atom is -0.391 e. The highest BCUT2D eigenvalue weighted by Crippen LogP contribution is 2.15. The van der Waals surface area contributed by atoms with E-state index in [1.54, 1.807) is 13.8 Å². The number of nitro groups is 1. The molecule has 1 aromatic carbocycles. The molecule has 1 fully saturated rings. The molecule has 1 heterocycles. The lowest BCUT2D eigenvalue weighted by atomic mass is 10.0. The van der Waals surface area contributed by atoms with Crippen molar-refractivity contribution in [3.05, 3.63) is 39.9 Å². The number of nitrogens with one attached hydrogen (secondary N) is 6. The maximum atomic E-state index is 13.6. The molecule has 0 radical (unpaired) electrons. The Morgan fingerprint density at radius 1 is 0.877 bits per heavy atom. The van der Waals surface area contributed by atoms with Gasteiger partial charge in [-0.2, -0.15) is 11.8 Å². The first kappa shape index (κ1) is 48.3. The Kier molecular flexibility index (Phi) is 20.4. The Hall–Kier alpha value is -4.86. The van der Waals surface area contributed by atoms with Crippen molar-refractivity contribution in [2.75, 3.05) is 18.1 Å². The number of hydrogen-bond donors (Lipinski definition) is 10. The highest BCUT2D eigenvalue weighted by atomic mass is 32.2. The molecule has 2 unspecified atom stereocenters. The number of hydrogen-bond acceptors (Lipinski definition) is 13. The smallest absolute Gasteiger partial charge is 0.269 e. The summed E-state index contributed by atoms with van der Waals surface area (Å²) >= 11 is 1.39. The van der Waals surface area contributed by atoms with E-state index in [0.29, 0.717) is 24.2 Å². The van der Waals surface area contributed by atoms with Gasteiger partial charge in [0, 0.05) is 30.7 Å². The van der Waals surface area contributed by atoms with Crippen molar-refractivity contribution >= 4 is 58.8 Å². The first-order valence-electron chi connectivity index (χ1n) is 18.8. The fourth-order valence-corrected chi connectivity index (χ4v) is 6.78. The zero-order chi connectivity index (χ0) is 42.8. The van der Waals surface area contributed by atoms with Crippen LogP contribution >= 0.6 is 11.8 Å². The molecule has 1 aromatic rings. The highest BCUT2D eigenvalue weighted by Gasteiger charge is 2.36. The van der Waals surface area contributed by atoms with Gasteiger partial charge in [-0.1, -0.05) is 32.4 Å². The van der Waals surface area contributed by atoms with Crippen molar-refractivity contribution in [2.45, 2.75) is 121 Å². The van der Waals surface area contributed by atoms with Crippen LogP contribution in [0, 0.1) is 16.0 Å². The van der Waals surface area contributed by atoms with E-state index in [2.05, 4.69) is 31.9 Å². The number of rotatable bonds is 18. The molecule has 8 atom stereocenters. The summed E-state index contributed by atoms with van der Waals surface area (Å²) in [6.07, 6.45) is -0.0867. The number of primary amides is 1. The summed E-state index contributed by atoms with van der Waals surface area (Å²) in [6.45, 7) is 5.87. The molecule has 2 rings (SSSR count). The second kappa shape index (κ2) is 24.0. The minimum atomic E-state index is -1.65. The van der Waals surface area contributed by atoms with Crippen LogP contribution in [-0.2, 0) is 40.0 Å². The maximum absolute atomic E-state index is 13.6. The van der Waals surface area contributed by atoms with Gasteiger partial charge in [-0.15, -0.1) is 0 Å². The molecule has 0 spiro atoms. The number of thioether (sulfide) groups is 1. The average molecular weight is 824 g/mol. The van der Waals surface area contributed by atoms with Crippen molar-refractivity contribution in [3.63, 3.8) is 0 Å². The van der Waals surface area contributed by atoms with E-state index in [1.807, 2.05) is 0 Å². The molecular formula is C36H57N9O11S. The number of benzene rings is 1. The molecule has 12 N–H and O–H groups in total. The number of nitrogens with two attached hydrogens (primary N) is 2. The summed E-state index contributed by atoms with van der Waals surface area (Å²) in [5, 5.41) is 47.1. The van der Waals surface area contributed by atoms with Crippen molar-refractivity contribution in [3.8, 4) is 0 Å². The van der Waals surface area contributed by atoms with Crippen LogP contribution in [0.3, 0.4) is 0 Å². The second-order valence-corrected chi connectivity index (χ2v) is 15.4. The van der Waals surface area contributed by atoms with Crippen molar-refractivity contribution in [2.24, 2.45) is 17.4 Å². The molecule has 0 bridgehead atoms. The van der Waals surface area contributed by atoms with E-state index in [0.717, 1.165) is 12.8 Å². The zero-order valence-electron chi connectivity index (χ0n) is 32.7. The van der Waals surface area contributed by atoms with Gasteiger partial charge in [0.25, 0.3) is 5.69 Å². The minimum absolute atomic E-state index is 0.119. The van der Waals surface area contributed by atoms with Crippen molar-refractivity contribution in [1.29, 1.82) is 0 Å². The van der Waals surface area contributed by atoms with E-state index in [4.69, 9.17) is 11.5 Å². The average Bonchev–Trinajstić information content (AvgIpc) is 3.15. The molecule has 1 saturated heterocycles. The van der Waals surface area contributed by atoms with Crippen LogP contribution in [-0.4, -0.2) is 123 Å². The van der Waals surface area contributed by atoms with E-state index in [9.17, 15) is 53.9 Å². The summed E-state index contributed by atoms with van der Waals surface area (Å²) in [5.41, 5.74) is 11.4. The lowest BCUT2D eigenvalue weighted by Gasteiger charge is -2.30. The SMILES string of the molecule is CC(C)[C@H](NC(=O)[C@@H](NC(=O)C1CSCCCCCC(=O)NC(CCCN)C(=O)N1)[C@@H](C)O)C(=O)N[C@H](C(=O)N[C@@H](Cc1ccc([N+](=O)[O-])cc1)C(N)=O)[C@@H](C)O. The quantitative estimate of drug-likeness (QED) is 0.0566. The summed E-state index contributed by atoms with van der Waals surface area (Å²) in [7, 11) is 0. The molecule has 20 nitrogen and oxygen atoms in total. The van der Waals surface area contributed by atoms with Crippen LogP contribution < -0.4 is 43.4 Å². The van der Waals surface area contributed by atoms with Crippen LogP contribution in [0.2, 0.25) is 0 Å². The monoisotopic (exact) mass is 823 g/mol. The van der Waals surface area contributed by atoms with Gasteiger partial charge in [0.05, 0.1) is 17.1 Å². The third-order valence-corrected chi connectivity index (χ3v) is 10.2. The predicted octanol–water partition coefficient (Wildman–Crippen LogP) is -2.00. The van der Waals surface area contributed by atoms with Crippen LogP contribution in [0.5, 0.6) is 0 Å². The standard InChI is InChI=1S/C36H57N9O11S/c1-19(2)28(34(52)44-29(20(3)46)35(53)40-25(31(38)49)17-22-11-13-23(14-12-22)45(55)56)42-36(54)30(21(4)47)43-33(51)26-18-57-16-7-5-6-10-27(48)39-24(9-8-15-37)32(50)41-26/h11-14,19-21,24-26,28-30,46-47H,5-10,15-18,37H2,1-4H3,(H2,38,49)(H,39,48)(H,40,53)(H,41,50)(H,42,54)(H,43,51)(H,44,52)/t20-,21-,24?,25+,26?,28+,29+,30+/m1/s1. The first-order chi connectivity index (χ1) is 26.9. The Balaban J connectivity index is 2.21. The van der Waals surface area contributed by atoms with Gasteiger partial charge in [-0.05, 0) is 63.3 Å². The van der Waals surface area contributed by atoms with Crippen LogP contribution in [0.4, 0.5) is 5.69 Å². The summed E-state index contributed by atoms with van der Waals surface area (Å²) in [4.78, 5) is 103. The van der Waals surface area contributed by atoms with Crippen LogP contribution in [0.15, 0.2) is 24.3 Å². The number of nitro benzene ring substituents is 1. The van der Waals surface area contributed by atoms with Gasteiger partial charge in [-0.25, -0.2) is 0 Å². The van der Waals surface area contributed by atoms with Gasteiger partial charge >= 0.3 is 0 Å². The van der Waals surface area contributed by atoms with Gasteiger partial charge in [0.2, 0.25) is 41.4 Å². The van der Waals surface area contributed by atoms with E-state index >= 15 is 0 Å². The fraction of sp³-hybridized carbons (Fsp3) is 0.639. The van der Waals surface area contributed by atoms with Crippen LogP contribution in [0.25, 0.3) is 0 Å². The summed E-state index contributed by atoms with van der Waals surface area (Å²) in [6, 6.07) is -2.90. The number of aliphatic hydroxyl groups is 2. The largest absolute Gasteiger partial charge is 0.391 e. The van der Waals surface area contributed by atoms with Crippen molar-refractivity contribution < 1.29 is 48.7 Å². The van der Waals surface area contributed by atoms with Crippen LogP contribution in [0.1, 0.15) is 71.8 Å². The molecule has 0 aromatic heterocycles. The van der Waals surface area contributed by atoms with E-state index in [-0.39, 0.29) is 43.2 Å². The Labute approximate surface area is 335 Å². The lowest BCUT2D eigenvalue weighted by Crippen LogP contribution is -2.63. The topological polar surface area (TPSA) is 327 Å². The molecule has 0 aliphatic carbocycles. The fourth-order valence-electron chi connectivity index (χ4n) is 5.74. The Bertz CT molecular complexity index is 1560. The predicted molar refractivity (Wildman–Crippen MR) is 210 cm³/mol. The number of aliphatic hydroxyl groups excluding tert-OH is 2. The number of non-ortho nitro benzene ring substituents is 1. The Morgan fingerprint density at radius 3 is 2.02 bits per heavy atom. The Morgan fingerprint density at radius 2 is 1.46 bits per heavy atom. The molecular weight excluding hydrogens is 767 g/mol. The number of nitrogens with zero attached hydrogens (tertiary/aromatic N) is 1. The maximum Gasteiger partial charge on any atom is 0.269 e. The third-order valence-electron chi connectivity index (χ3n) is 9.08. The van der Waals surface area contributed by atoms with E-state index < -0.39 is 94.7 Å². The molecule has 1 aliphatic rings. The number of carbonyl (C=O) groups is 7. The number of carbonyl (C=O) groups excluding carboxylic acids is 7. The van der Waals surface area contributed by atoms with Gasteiger partial charge < -0.3 is 53.6 Å². The van der Waals surface area contributed by atoms with Gasteiger partial charge in [-0.3, -0.25) is 43.7 Å². The molecule has 1 aliphatic heterocycles.